The van der Waals surface area contributed by atoms with E-state index >= 15 is 0 Å². The van der Waals surface area contributed by atoms with Gasteiger partial charge < -0.3 is 19.5 Å². The molecule has 2 rings (SSSR count). The topological polar surface area (TPSA) is 56.8 Å². The van der Waals surface area contributed by atoms with E-state index in [0.29, 0.717) is 30.5 Å². The van der Waals surface area contributed by atoms with Crippen LogP contribution in [0.1, 0.15) is 39.5 Å². The van der Waals surface area contributed by atoms with Crippen LogP contribution in [0.5, 0.6) is 17.2 Å². The smallest absolute Gasteiger partial charge is 0.412 e. The van der Waals surface area contributed by atoms with Gasteiger partial charge >= 0.3 is 6.09 Å². The molecule has 5 heteroatoms. The summed E-state index contributed by atoms with van der Waals surface area (Å²) in [7, 11) is 1.53. The molecule has 0 saturated carbocycles. The Morgan fingerprint density at radius 1 is 1.00 bits per heavy atom. The summed E-state index contributed by atoms with van der Waals surface area (Å²) in [6.45, 7) is 5.25. The van der Waals surface area contributed by atoms with Crippen molar-refractivity contribution in [1.29, 1.82) is 0 Å². The van der Waals surface area contributed by atoms with E-state index < -0.39 is 6.09 Å². The number of hydrogen-bond donors (Lipinski definition) is 1. The molecule has 0 radical (unpaired) electrons. The molecule has 25 heavy (non-hydrogen) atoms. The Morgan fingerprint density at radius 2 is 1.76 bits per heavy atom. The third-order valence-electron chi connectivity index (χ3n) is 3.87. The molecule has 5 nitrogen and oxygen atoms in total. The van der Waals surface area contributed by atoms with Crippen molar-refractivity contribution < 1.29 is 19.0 Å². The van der Waals surface area contributed by atoms with Crippen LogP contribution in [0.15, 0.2) is 30.3 Å². The number of ether oxygens (including phenoxy) is 3. The molecular weight excluding hydrogens is 318 g/mol. The fourth-order valence-corrected chi connectivity index (χ4v) is 2.64. The molecule has 0 bridgehead atoms. The summed E-state index contributed by atoms with van der Waals surface area (Å²) in [6.07, 6.45) is 4.04. The minimum Gasteiger partial charge on any atom is -0.490 e. The predicted octanol–water partition coefficient (Wildman–Crippen LogP) is 4.92. The minimum absolute atomic E-state index is 0.455. The molecule has 0 saturated heterocycles. The first kappa shape index (κ1) is 18.9. The number of rotatable bonds is 9. The van der Waals surface area contributed by atoms with Gasteiger partial charge in [0.05, 0.1) is 13.2 Å². The highest BCUT2D eigenvalue weighted by Crippen LogP contribution is 2.41. The van der Waals surface area contributed by atoms with Crippen molar-refractivity contribution >= 4 is 16.9 Å². The molecule has 2 aromatic carbocycles. The molecule has 1 amide bonds. The Bertz CT molecular complexity index is 699. The second-order valence-corrected chi connectivity index (χ2v) is 5.73. The third-order valence-corrected chi connectivity index (χ3v) is 3.87. The van der Waals surface area contributed by atoms with Gasteiger partial charge in [-0.25, -0.2) is 4.79 Å². The van der Waals surface area contributed by atoms with Gasteiger partial charge in [-0.2, -0.15) is 0 Å². The summed E-state index contributed by atoms with van der Waals surface area (Å²) >= 11 is 0. The number of fused-ring (bicyclic) bond motifs is 1. The van der Waals surface area contributed by atoms with E-state index in [1.165, 1.54) is 19.9 Å². The van der Waals surface area contributed by atoms with Gasteiger partial charge in [0.15, 0.2) is 11.5 Å². The predicted molar refractivity (Wildman–Crippen MR) is 99.8 cm³/mol. The van der Waals surface area contributed by atoms with Crippen molar-refractivity contribution in [3.8, 4) is 17.2 Å². The molecule has 136 valence electrons. The molecule has 0 aliphatic rings. The van der Waals surface area contributed by atoms with Crippen molar-refractivity contribution in [2.24, 2.45) is 0 Å². The van der Waals surface area contributed by atoms with Gasteiger partial charge in [-0.1, -0.05) is 50.5 Å². The lowest BCUT2D eigenvalue weighted by Crippen LogP contribution is -2.22. The van der Waals surface area contributed by atoms with Gasteiger partial charge in [0.1, 0.15) is 5.75 Å². The summed E-state index contributed by atoms with van der Waals surface area (Å²) in [5, 5.41) is 4.16. The van der Waals surface area contributed by atoms with Crippen LogP contribution in [-0.4, -0.2) is 26.4 Å². The lowest BCUT2D eigenvalue weighted by Gasteiger charge is -2.17. The minimum atomic E-state index is -0.513. The number of hydrogen-bond acceptors (Lipinski definition) is 4. The molecule has 0 aliphatic carbocycles. The highest BCUT2D eigenvalue weighted by molar-refractivity contribution is 5.96. The maximum atomic E-state index is 11.6. The Balaban J connectivity index is 2.36. The normalized spacial score (nSPS) is 10.5. The average molecular weight is 345 g/mol. The van der Waals surface area contributed by atoms with Crippen molar-refractivity contribution in [3.63, 3.8) is 0 Å². The SMILES string of the molecule is CCCCCCOc1c(OCC)cc(OC(=O)NC)c2ccccc12. The number of amides is 1. The molecule has 0 fully saturated rings. The Hall–Kier alpha value is -2.43. The van der Waals surface area contributed by atoms with E-state index in [1.54, 1.807) is 6.07 Å². The fourth-order valence-electron chi connectivity index (χ4n) is 2.64. The first-order valence-electron chi connectivity index (χ1n) is 8.92. The molecule has 0 aromatic heterocycles. The second kappa shape index (κ2) is 9.77. The average Bonchev–Trinajstić information content (AvgIpc) is 2.63. The van der Waals surface area contributed by atoms with Crippen LogP contribution in [0.25, 0.3) is 10.8 Å². The maximum absolute atomic E-state index is 11.6. The van der Waals surface area contributed by atoms with Gasteiger partial charge in [-0.15, -0.1) is 0 Å². The molecule has 0 aliphatic heterocycles. The summed E-state index contributed by atoms with van der Waals surface area (Å²) in [6, 6.07) is 9.43. The van der Waals surface area contributed by atoms with E-state index in [-0.39, 0.29) is 0 Å². The Kier molecular flexibility index (Phi) is 7.38. The number of unbranched alkanes of at least 4 members (excludes halogenated alkanes) is 3. The van der Waals surface area contributed by atoms with Crippen LogP contribution < -0.4 is 19.5 Å². The molecular formula is C20H27NO4. The zero-order chi connectivity index (χ0) is 18.1. The van der Waals surface area contributed by atoms with E-state index in [1.807, 2.05) is 31.2 Å². The Labute approximate surface area is 149 Å². The number of benzene rings is 2. The van der Waals surface area contributed by atoms with Crippen LogP contribution in [0.3, 0.4) is 0 Å². The largest absolute Gasteiger partial charge is 0.490 e. The van der Waals surface area contributed by atoms with E-state index in [9.17, 15) is 4.79 Å². The Morgan fingerprint density at radius 3 is 2.44 bits per heavy atom. The van der Waals surface area contributed by atoms with Crippen molar-refractivity contribution in [3.05, 3.63) is 30.3 Å². The number of carbonyl (C=O) groups excluding carboxylic acids is 1. The third kappa shape index (κ3) is 5.02. The fraction of sp³-hybridized carbons (Fsp3) is 0.450. The summed E-state index contributed by atoms with van der Waals surface area (Å²) in [5.41, 5.74) is 0. The lowest BCUT2D eigenvalue weighted by molar-refractivity contribution is 0.203. The summed E-state index contributed by atoms with van der Waals surface area (Å²) < 4.78 is 17.2. The molecule has 0 atom stereocenters. The molecule has 2 aromatic rings. The van der Waals surface area contributed by atoms with Crippen LogP contribution in [0, 0.1) is 0 Å². The van der Waals surface area contributed by atoms with E-state index in [4.69, 9.17) is 14.2 Å². The molecule has 0 heterocycles. The molecule has 1 N–H and O–H groups in total. The van der Waals surface area contributed by atoms with Gasteiger partial charge in [-0.05, 0) is 13.3 Å². The van der Waals surface area contributed by atoms with Crippen molar-refractivity contribution in [1.82, 2.24) is 5.32 Å². The standard InChI is InChI=1S/C20H27NO4/c1-4-6-7-10-13-24-19-16-12-9-8-11-15(16)17(25-20(22)21-3)14-18(19)23-5-2/h8-9,11-12,14H,4-7,10,13H2,1-3H3,(H,21,22). The van der Waals surface area contributed by atoms with Gasteiger partial charge in [0.2, 0.25) is 0 Å². The molecule has 0 unspecified atom stereocenters. The van der Waals surface area contributed by atoms with Gasteiger partial charge in [-0.3, -0.25) is 0 Å². The maximum Gasteiger partial charge on any atom is 0.412 e. The van der Waals surface area contributed by atoms with E-state index in [2.05, 4.69) is 12.2 Å². The monoisotopic (exact) mass is 345 g/mol. The number of carbonyl (C=O) groups is 1. The zero-order valence-corrected chi connectivity index (χ0v) is 15.3. The highest BCUT2D eigenvalue weighted by atomic mass is 16.6. The van der Waals surface area contributed by atoms with Crippen LogP contribution >= 0.6 is 0 Å². The first-order valence-corrected chi connectivity index (χ1v) is 8.92. The quantitative estimate of drug-likeness (QED) is 0.656. The first-order chi connectivity index (χ1) is 12.2. The van der Waals surface area contributed by atoms with Gasteiger partial charge in [0.25, 0.3) is 0 Å². The second-order valence-electron chi connectivity index (χ2n) is 5.73. The van der Waals surface area contributed by atoms with Crippen LogP contribution in [-0.2, 0) is 0 Å². The zero-order valence-electron chi connectivity index (χ0n) is 15.3. The van der Waals surface area contributed by atoms with Crippen molar-refractivity contribution in [2.75, 3.05) is 20.3 Å². The summed E-state index contributed by atoms with van der Waals surface area (Å²) in [5.74, 6) is 1.76. The summed E-state index contributed by atoms with van der Waals surface area (Å²) in [4.78, 5) is 11.6. The van der Waals surface area contributed by atoms with Crippen LogP contribution in [0.2, 0.25) is 0 Å². The lowest BCUT2D eigenvalue weighted by atomic mass is 10.1. The highest BCUT2D eigenvalue weighted by Gasteiger charge is 2.17. The molecule has 0 spiro atoms. The van der Waals surface area contributed by atoms with Crippen molar-refractivity contribution in [2.45, 2.75) is 39.5 Å². The van der Waals surface area contributed by atoms with E-state index in [0.717, 1.165) is 23.6 Å². The number of nitrogens with one attached hydrogen (secondary N) is 1. The van der Waals surface area contributed by atoms with Crippen LogP contribution in [0.4, 0.5) is 4.79 Å². The van der Waals surface area contributed by atoms with Gasteiger partial charge in [0, 0.05) is 23.9 Å².